The van der Waals surface area contributed by atoms with Crippen molar-refractivity contribution < 1.29 is 90.2 Å². The molecule has 0 saturated carbocycles. The number of aryl methyl sites for hydroxylation is 2. The molecule has 4 heterocycles. The Morgan fingerprint density at radius 2 is 0.844 bits per heavy atom. The van der Waals surface area contributed by atoms with Crippen LogP contribution in [0.15, 0.2) is 49.1 Å². The molecule has 13 nitrogen and oxygen atoms in total. The molecule has 17 heteroatoms. The second kappa shape index (κ2) is 23.6. The number of pyridine rings is 2. The average molecular weight is 889 g/mol. The third-order valence-electron chi connectivity index (χ3n) is 5.76. The van der Waals surface area contributed by atoms with Gasteiger partial charge in [-0.2, -0.15) is 8.75 Å². The maximum atomic E-state index is 5.74. The van der Waals surface area contributed by atoms with E-state index in [4.69, 9.17) is 33.2 Å². The Hall–Kier alpha value is -1.72. The first kappa shape index (κ1) is 39.5. The topological polar surface area (TPSA) is 124 Å². The number of rotatable bonds is 22. The van der Waals surface area contributed by atoms with Crippen LogP contribution < -0.4 is 66.6 Å². The van der Waals surface area contributed by atoms with Gasteiger partial charge in [-0.25, -0.2) is 9.13 Å². The van der Waals surface area contributed by atoms with Crippen molar-refractivity contribution in [1.82, 2.24) is 17.5 Å². The van der Waals surface area contributed by atoms with Crippen molar-refractivity contribution in [3.8, 4) is 34.3 Å². The van der Waals surface area contributed by atoms with Crippen molar-refractivity contribution in [3.63, 3.8) is 0 Å². The van der Waals surface area contributed by atoms with Gasteiger partial charge in [-0.05, 0) is 12.1 Å². The second-order valence-corrected chi connectivity index (χ2v) is 10.2. The third kappa shape index (κ3) is 14.7. The molecule has 0 fully saturated rings. The van der Waals surface area contributed by atoms with Crippen molar-refractivity contribution in [2.24, 2.45) is 14.1 Å². The summed E-state index contributed by atoms with van der Waals surface area (Å²) in [7, 11) is 3.92. The number of halogens is 2. The van der Waals surface area contributed by atoms with Gasteiger partial charge in [-0.1, -0.05) is 0 Å². The maximum Gasteiger partial charge on any atom is 0.254 e. The third-order valence-corrected chi connectivity index (χ3v) is 6.79. The summed E-state index contributed by atoms with van der Waals surface area (Å²) in [6, 6.07) is 7.88. The molecule has 45 heavy (non-hydrogen) atoms. The van der Waals surface area contributed by atoms with Gasteiger partial charge < -0.3 is 81.1 Å². The molecule has 0 N–H and O–H groups in total. The van der Waals surface area contributed by atoms with Crippen LogP contribution in [-0.2, 0) is 37.8 Å². The predicted molar refractivity (Wildman–Crippen MR) is 158 cm³/mol. The maximum absolute atomic E-state index is 5.74. The zero-order chi connectivity index (χ0) is 30.0. The summed E-state index contributed by atoms with van der Waals surface area (Å²) in [6.45, 7) is 5.52. The molecule has 0 saturated heterocycles. The lowest BCUT2D eigenvalue weighted by Gasteiger charge is -2.08. The fraction of sp³-hybridized carbons (Fsp3) is 0.500. The number of hydrogen-bond donors (Lipinski definition) is 0. The highest BCUT2D eigenvalue weighted by Crippen LogP contribution is 2.27. The quantitative estimate of drug-likeness (QED) is 0.0436. The Kier molecular flexibility index (Phi) is 20.7. The average Bonchev–Trinajstić information content (AvgIpc) is 3.68. The first-order chi connectivity index (χ1) is 21.2. The number of nitrogens with zero attached hydrogens (tertiary/aromatic N) is 6. The van der Waals surface area contributed by atoms with E-state index in [-0.39, 0.29) is 48.0 Å². The molecule has 0 aliphatic rings. The van der Waals surface area contributed by atoms with E-state index in [1.165, 1.54) is 0 Å². The van der Waals surface area contributed by atoms with Crippen LogP contribution in [0.4, 0.5) is 0 Å². The van der Waals surface area contributed by atoms with Gasteiger partial charge in [0.1, 0.15) is 27.3 Å². The van der Waals surface area contributed by atoms with Crippen LogP contribution in [0, 0.1) is 0 Å². The summed E-state index contributed by atoms with van der Waals surface area (Å²) >= 11 is 2.26. The summed E-state index contributed by atoms with van der Waals surface area (Å²) in [5.41, 5.74) is 3.40. The molecule has 4 aromatic rings. The van der Waals surface area contributed by atoms with Crippen LogP contribution in [0.2, 0.25) is 0 Å². The van der Waals surface area contributed by atoms with E-state index in [0.717, 1.165) is 46.0 Å². The highest BCUT2D eigenvalue weighted by atomic mass is 127. The Balaban J connectivity index is 0.00000353. The van der Waals surface area contributed by atoms with Gasteiger partial charge in [0.15, 0.2) is 36.2 Å². The minimum Gasteiger partial charge on any atom is -1.00 e. The molecule has 0 bridgehead atoms. The minimum absolute atomic E-state index is 0. The number of aromatic nitrogens is 6. The van der Waals surface area contributed by atoms with Crippen molar-refractivity contribution in [1.29, 1.82) is 0 Å². The van der Waals surface area contributed by atoms with Crippen LogP contribution in [0.25, 0.3) is 22.5 Å². The van der Waals surface area contributed by atoms with Crippen LogP contribution in [0.5, 0.6) is 11.8 Å². The predicted octanol–water partition coefficient (Wildman–Crippen LogP) is -4.08. The van der Waals surface area contributed by atoms with Crippen molar-refractivity contribution >= 4 is 23.5 Å². The first-order valence-corrected chi connectivity index (χ1v) is 15.4. The van der Waals surface area contributed by atoms with E-state index in [9.17, 15) is 0 Å². The molecule has 248 valence electrons. The number of ether oxygens (including phenoxy) is 7. The minimum atomic E-state index is 0. The molecule has 0 radical (unpaired) electrons. The van der Waals surface area contributed by atoms with Gasteiger partial charge in [0.05, 0.1) is 101 Å². The van der Waals surface area contributed by atoms with Gasteiger partial charge >= 0.3 is 0 Å². The second-order valence-electron chi connectivity index (χ2n) is 9.11. The lowest BCUT2D eigenvalue weighted by Crippen LogP contribution is -3.00. The SMILES string of the molecule is C[n+]1cccc(-c2nsnc2OCCOCCOCCOCCOCCOCCOc2nsnc2-c2ccc[n+](C)c2)c1.[I-].[I-]. The summed E-state index contributed by atoms with van der Waals surface area (Å²) in [6.07, 6.45) is 7.88. The van der Waals surface area contributed by atoms with E-state index >= 15 is 0 Å². The van der Waals surface area contributed by atoms with Crippen LogP contribution in [0.3, 0.4) is 0 Å². The lowest BCUT2D eigenvalue weighted by atomic mass is 10.2. The molecule has 4 rings (SSSR count). The summed E-state index contributed by atoms with van der Waals surface area (Å²) < 4.78 is 60.3. The number of hydrogen-bond acceptors (Lipinski definition) is 13. The summed E-state index contributed by atoms with van der Waals surface area (Å²) in [4.78, 5) is 0. The van der Waals surface area contributed by atoms with E-state index in [1.807, 2.05) is 72.3 Å². The lowest BCUT2D eigenvalue weighted by molar-refractivity contribution is -0.671. The first-order valence-electron chi connectivity index (χ1n) is 13.9. The van der Waals surface area contributed by atoms with E-state index in [2.05, 4.69) is 17.5 Å². The Morgan fingerprint density at radius 1 is 0.511 bits per heavy atom. The van der Waals surface area contributed by atoms with Gasteiger partial charge in [-0.3, -0.25) is 0 Å². The van der Waals surface area contributed by atoms with Gasteiger partial charge in [-0.15, -0.1) is 8.75 Å². The Bertz CT molecular complexity index is 1250. The van der Waals surface area contributed by atoms with Gasteiger partial charge in [0.2, 0.25) is 0 Å². The van der Waals surface area contributed by atoms with Crippen molar-refractivity contribution in [3.05, 3.63) is 49.1 Å². The highest BCUT2D eigenvalue weighted by molar-refractivity contribution is 6.99. The zero-order valence-electron chi connectivity index (χ0n) is 25.2. The van der Waals surface area contributed by atoms with E-state index in [0.29, 0.717) is 91.0 Å². The normalized spacial score (nSPS) is 10.7. The molecule has 0 aliphatic carbocycles. The van der Waals surface area contributed by atoms with E-state index in [1.54, 1.807) is 0 Å². The smallest absolute Gasteiger partial charge is 0.254 e. The molecular formula is C28H38I2N6O7S2. The van der Waals surface area contributed by atoms with Gasteiger partial charge in [0, 0.05) is 12.1 Å². The molecule has 0 atom stereocenters. The molecular weight excluding hydrogens is 850 g/mol. The molecule has 0 amide bonds. The monoisotopic (exact) mass is 888 g/mol. The largest absolute Gasteiger partial charge is 1.00 e. The molecule has 0 spiro atoms. The molecule has 4 aromatic heterocycles. The summed E-state index contributed by atoms with van der Waals surface area (Å²) in [5, 5.41) is 0. The van der Waals surface area contributed by atoms with Crippen molar-refractivity contribution in [2.45, 2.75) is 0 Å². The fourth-order valence-corrected chi connectivity index (χ4v) is 4.77. The Morgan fingerprint density at radius 3 is 1.18 bits per heavy atom. The molecule has 0 unspecified atom stereocenters. The van der Waals surface area contributed by atoms with Crippen molar-refractivity contribution in [2.75, 3.05) is 79.3 Å². The standard InChI is InChI=1S/C28H38N6O7S2.2HI/c1-33-7-3-5-23(21-33)25-27(31-42-29-25)40-19-17-38-15-13-36-11-9-35-10-12-37-14-16-39-18-20-41-28-26(30-43-32-28)24-6-4-8-34(2)22-24;;/h3-8,21-22H,9-20H2,1-2H3;2*1H/q+2;;/p-2. The summed E-state index contributed by atoms with van der Waals surface area (Å²) in [5.74, 6) is 1.04. The molecule has 0 aliphatic heterocycles. The van der Waals surface area contributed by atoms with Crippen LogP contribution in [0.1, 0.15) is 0 Å². The Labute approximate surface area is 305 Å². The zero-order valence-corrected chi connectivity index (χ0v) is 31.2. The fourth-order valence-electron chi connectivity index (χ4n) is 3.74. The van der Waals surface area contributed by atoms with Crippen LogP contribution in [-0.4, -0.2) is 96.8 Å². The van der Waals surface area contributed by atoms with Crippen LogP contribution >= 0.6 is 23.5 Å². The highest BCUT2D eigenvalue weighted by Gasteiger charge is 2.15. The molecule has 0 aromatic carbocycles. The van der Waals surface area contributed by atoms with Gasteiger partial charge in [0.25, 0.3) is 11.8 Å². The van der Waals surface area contributed by atoms with E-state index < -0.39 is 0 Å².